The molecule has 1 aromatic carbocycles. The molecular weight excluding hydrogens is 280 g/mol. The number of hydrogen-bond donors (Lipinski definition) is 2. The number of ether oxygens (including phenoxy) is 1. The third kappa shape index (κ3) is 3.43. The van der Waals surface area contributed by atoms with Gasteiger partial charge in [0.1, 0.15) is 11.6 Å². The Hall–Kier alpha value is -2.19. The zero-order valence-electron chi connectivity index (χ0n) is 11.0. The maximum Gasteiger partial charge on any atom is 0.238 e. The fourth-order valence-corrected chi connectivity index (χ4v) is 2.10. The van der Waals surface area contributed by atoms with Crippen LogP contribution >= 0.6 is 0 Å². The van der Waals surface area contributed by atoms with Gasteiger partial charge in [0, 0.05) is 11.8 Å². The summed E-state index contributed by atoms with van der Waals surface area (Å²) in [5.74, 6) is 1.56. The first-order valence-electron chi connectivity index (χ1n) is 5.68. The molecule has 0 radical (unpaired) electrons. The van der Waals surface area contributed by atoms with Crippen molar-refractivity contribution in [3.05, 3.63) is 36.2 Å². The first-order valence-corrected chi connectivity index (χ1v) is 7.22. The van der Waals surface area contributed by atoms with E-state index in [4.69, 9.17) is 9.88 Å². The predicted molar refractivity (Wildman–Crippen MR) is 74.4 cm³/mol. The Balaban J connectivity index is 2.24. The van der Waals surface area contributed by atoms with Crippen LogP contribution in [0.15, 0.2) is 35.2 Å². The van der Waals surface area contributed by atoms with Gasteiger partial charge in [0.25, 0.3) is 0 Å². The number of nitrogens with two attached hydrogens (primary N) is 1. The lowest BCUT2D eigenvalue weighted by Gasteiger charge is -2.08. The molecule has 3 N–H and O–H groups in total. The Morgan fingerprint density at radius 2 is 1.85 bits per heavy atom. The molecule has 1 aromatic heterocycles. The second-order valence-electron chi connectivity index (χ2n) is 4.04. The Morgan fingerprint density at radius 3 is 2.40 bits per heavy atom. The zero-order chi connectivity index (χ0) is 14.8. The van der Waals surface area contributed by atoms with Gasteiger partial charge in [-0.15, -0.1) is 0 Å². The highest BCUT2D eigenvalue weighted by Crippen LogP contribution is 2.19. The van der Waals surface area contributed by atoms with Gasteiger partial charge in [0.2, 0.25) is 15.9 Å². The van der Waals surface area contributed by atoms with Crippen molar-refractivity contribution in [3.63, 3.8) is 0 Å². The Morgan fingerprint density at radius 1 is 1.20 bits per heavy atom. The molecular formula is C12H14N4O3S. The molecule has 20 heavy (non-hydrogen) atoms. The van der Waals surface area contributed by atoms with Crippen LogP contribution in [0.4, 0.5) is 11.5 Å². The Kier molecular flexibility index (Phi) is 3.86. The van der Waals surface area contributed by atoms with E-state index in [9.17, 15) is 8.42 Å². The van der Waals surface area contributed by atoms with Gasteiger partial charge in [-0.2, -0.15) is 4.98 Å². The lowest BCUT2D eigenvalue weighted by Crippen LogP contribution is -2.11. The van der Waals surface area contributed by atoms with Gasteiger partial charge in [0.05, 0.1) is 12.0 Å². The van der Waals surface area contributed by atoms with Crippen molar-refractivity contribution in [2.24, 2.45) is 5.14 Å². The van der Waals surface area contributed by atoms with E-state index in [-0.39, 0.29) is 4.90 Å². The van der Waals surface area contributed by atoms with Gasteiger partial charge >= 0.3 is 0 Å². The zero-order valence-corrected chi connectivity index (χ0v) is 11.8. The summed E-state index contributed by atoms with van der Waals surface area (Å²) in [6, 6.07) is 7.68. The number of benzene rings is 1. The molecule has 8 heteroatoms. The molecule has 0 aliphatic rings. The lowest BCUT2D eigenvalue weighted by atomic mass is 10.3. The lowest BCUT2D eigenvalue weighted by molar-refractivity contribution is 0.396. The van der Waals surface area contributed by atoms with E-state index < -0.39 is 10.0 Å². The summed E-state index contributed by atoms with van der Waals surface area (Å²) in [5, 5.41) is 8.06. The third-order valence-corrected chi connectivity index (χ3v) is 3.41. The molecule has 0 atom stereocenters. The van der Waals surface area contributed by atoms with E-state index in [0.29, 0.717) is 23.2 Å². The van der Waals surface area contributed by atoms with E-state index >= 15 is 0 Å². The number of nitrogens with one attached hydrogen (secondary N) is 1. The molecule has 0 saturated carbocycles. The smallest absolute Gasteiger partial charge is 0.238 e. The first-order chi connectivity index (χ1) is 9.38. The summed E-state index contributed by atoms with van der Waals surface area (Å²) >= 11 is 0. The molecule has 0 fully saturated rings. The van der Waals surface area contributed by atoms with Crippen LogP contribution in [0.5, 0.6) is 5.88 Å². The summed E-state index contributed by atoms with van der Waals surface area (Å²) in [5.41, 5.74) is 0.678. The molecule has 0 aliphatic carbocycles. The molecule has 0 spiro atoms. The molecule has 0 aliphatic heterocycles. The van der Waals surface area contributed by atoms with Gasteiger partial charge < -0.3 is 10.1 Å². The van der Waals surface area contributed by atoms with Crippen LogP contribution in [0.3, 0.4) is 0 Å². The number of sulfonamides is 1. The van der Waals surface area contributed by atoms with Crippen LogP contribution in [0, 0.1) is 6.92 Å². The number of primary sulfonamides is 1. The van der Waals surface area contributed by atoms with Crippen molar-refractivity contribution < 1.29 is 13.2 Å². The summed E-state index contributed by atoms with van der Waals surface area (Å²) < 4.78 is 27.4. The van der Waals surface area contributed by atoms with Crippen LogP contribution < -0.4 is 15.2 Å². The minimum absolute atomic E-state index is 0.0551. The second-order valence-corrected chi connectivity index (χ2v) is 5.60. The maximum absolute atomic E-state index is 11.2. The topological polar surface area (TPSA) is 107 Å². The molecule has 0 saturated heterocycles. The minimum Gasteiger partial charge on any atom is -0.481 e. The summed E-state index contributed by atoms with van der Waals surface area (Å²) in [7, 11) is -2.16. The van der Waals surface area contributed by atoms with E-state index in [1.54, 1.807) is 25.1 Å². The highest BCUT2D eigenvalue weighted by molar-refractivity contribution is 7.89. The highest BCUT2D eigenvalue weighted by atomic mass is 32.2. The average molecular weight is 294 g/mol. The number of hydrogen-bond acceptors (Lipinski definition) is 6. The van der Waals surface area contributed by atoms with Crippen LogP contribution in [-0.4, -0.2) is 25.5 Å². The van der Waals surface area contributed by atoms with Gasteiger partial charge in [-0.1, -0.05) is 0 Å². The fraction of sp³-hybridized carbons (Fsp3) is 0.167. The quantitative estimate of drug-likeness (QED) is 0.877. The normalized spacial score (nSPS) is 11.2. The average Bonchev–Trinajstić information content (AvgIpc) is 2.37. The molecule has 106 valence electrons. The van der Waals surface area contributed by atoms with Gasteiger partial charge in [-0.3, -0.25) is 0 Å². The monoisotopic (exact) mass is 294 g/mol. The molecule has 0 bridgehead atoms. The van der Waals surface area contributed by atoms with Gasteiger partial charge in [-0.25, -0.2) is 18.5 Å². The third-order valence-electron chi connectivity index (χ3n) is 2.48. The standard InChI is InChI=1S/C12H14N4O3S/c1-8-14-11(7-12(15-8)19-2)16-9-3-5-10(6-4-9)20(13,17)18/h3-7H,1-2H3,(H2,13,17,18)(H,14,15,16). The fourth-order valence-electron chi connectivity index (χ4n) is 1.58. The number of aromatic nitrogens is 2. The van der Waals surface area contributed by atoms with Crippen LogP contribution in [0.25, 0.3) is 0 Å². The summed E-state index contributed by atoms with van der Waals surface area (Å²) in [6.45, 7) is 1.75. The largest absolute Gasteiger partial charge is 0.481 e. The number of anilines is 2. The molecule has 2 aromatic rings. The number of nitrogens with zero attached hydrogens (tertiary/aromatic N) is 2. The first kappa shape index (κ1) is 14.2. The minimum atomic E-state index is -3.68. The van der Waals surface area contributed by atoms with Crippen molar-refractivity contribution >= 4 is 21.5 Å². The summed E-state index contributed by atoms with van der Waals surface area (Å²) in [6.07, 6.45) is 0. The Bertz CT molecular complexity index is 714. The van der Waals surface area contributed by atoms with Crippen LogP contribution in [-0.2, 0) is 10.0 Å². The van der Waals surface area contributed by atoms with E-state index in [1.807, 2.05) is 0 Å². The van der Waals surface area contributed by atoms with Crippen molar-refractivity contribution in [1.29, 1.82) is 0 Å². The number of rotatable bonds is 4. The van der Waals surface area contributed by atoms with Crippen molar-refractivity contribution in [2.75, 3.05) is 12.4 Å². The molecule has 0 amide bonds. The van der Waals surface area contributed by atoms with Gasteiger partial charge in [-0.05, 0) is 31.2 Å². The SMILES string of the molecule is COc1cc(Nc2ccc(S(N)(=O)=O)cc2)nc(C)n1. The summed E-state index contributed by atoms with van der Waals surface area (Å²) in [4.78, 5) is 8.33. The van der Waals surface area contributed by atoms with Crippen LogP contribution in [0.1, 0.15) is 5.82 Å². The van der Waals surface area contributed by atoms with E-state index in [2.05, 4.69) is 15.3 Å². The van der Waals surface area contributed by atoms with Gasteiger partial charge in [0.15, 0.2) is 0 Å². The van der Waals surface area contributed by atoms with Crippen molar-refractivity contribution in [1.82, 2.24) is 9.97 Å². The van der Waals surface area contributed by atoms with E-state index in [0.717, 1.165) is 0 Å². The molecule has 7 nitrogen and oxygen atoms in total. The molecule has 1 heterocycles. The van der Waals surface area contributed by atoms with Crippen molar-refractivity contribution in [2.45, 2.75) is 11.8 Å². The van der Waals surface area contributed by atoms with E-state index in [1.165, 1.54) is 19.2 Å². The number of methoxy groups -OCH3 is 1. The highest BCUT2D eigenvalue weighted by Gasteiger charge is 2.07. The Labute approximate surface area is 116 Å². The number of aryl methyl sites for hydroxylation is 1. The van der Waals surface area contributed by atoms with Crippen LogP contribution in [0.2, 0.25) is 0 Å². The maximum atomic E-state index is 11.2. The molecule has 0 unspecified atom stereocenters. The molecule has 2 rings (SSSR count). The second kappa shape index (κ2) is 5.43. The predicted octanol–water partition coefficient (Wildman–Crippen LogP) is 1.18. The van der Waals surface area contributed by atoms with Crippen molar-refractivity contribution in [3.8, 4) is 5.88 Å².